The van der Waals surface area contributed by atoms with E-state index >= 15 is 0 Å². The Bertz CT molecular complexity index is 419. The van der Waals surface area contributed by atoms with Gasteiger partial charge in [-0.05, 0) is 55.3 Å². The Morgan fingerprint density at radius 1 is 1.39 bits per heavy atom. The Balaban J connectivity index is 2.05. The maximum atomic E-state index is 6.27. The van der Waals surface area contributed by atoms with Gasteiger partial charge in [-0.3, -0.25) is 0 Å². The zero-order valence-corrected chi connectivity index (χ0v) is 12.6. The van der Waals surface area contributed by atoms with Crippen LogP contribution in [0.3, 0.4) is 0 Å². The van der Waals surface area contributed by atoms with Crippen molar-refractivity contribution in [3.63, 3.8) is 0 Å². The summed E-state index contributed by atoms with van der Waals surface area (Å²) in [6.07, 6.45) is 4.82. The summed E-state index contributed by atoms with van der Waals surface area (Å²) in [7, 11) is 0. The molecule has 1 nitrogen and oxygen atoms in total. The van der Waals surface area contributed by atoms with Crippen LogP contribution in [0.1, 0.15) is 38.7 Å². The number of hydrogen-bond acceptors (Lipinski definition) is 1. The highest BCUT2D eigenvalue weighted by Crippen LogP contribution is 2.41. The van der Waals surface area contributed by atoms with Crippen molar-refractivity contribution in [2.45, 2.75) is 45.6 Å². The third-order valence-electron chi connectivity index (χ3n) is 3.96. The molecular weight excluding hydrogens is 265 g/mol. The molecule has 1 fully saturated rings. The van der Waals surface area contributed by atoms with Gasteiger partial charge in [-0.15, -0.1) is 0 Å². The van der Waals surface area contributed by atoms with Crippen LogP contribution in [0.2, 0.25) is 10.0 Å². The van der Waals surface area contributed by atoms with E-state index in [9.17, 15) is 0 Å². The average Bonchev–Trinajstić information content (AvgIpc) is 2.65. The summed E-state index contributed by atoms with van der Waals surface area (Å²) in [6, 6.07) is 6.52. The van der Waals surface area contributed by atoms with Crippen molar-refractivity contribution in [2.75, 3.05) is 6.54 Å². The molecule has 1 saturated carbocycles. The van der Waals surface area contributed by atoms with Gasteiger partial charge in [-0.25, -0.2) is 0 Å². The molecule has 1 aliphatic carbocycles. The van der Waals surface area contributed by atoms with Gasteiger partial charge in [0.25, 0.3) is 0 Å². The lowest BCUT2D eigenvalue weighted by atomic mass is 9.82. The first-order valence-electron chi connectivity index (χ1n) is 6.70. The van der Waals surface area contributed by atoms with Gasteiger partial charge in [0.05, 0.1) is 0 Å². The van der Waals surface area contributed by atoms with Crippen LogP contribution in [-0.4, -0.2) is 12.6 Å². The van der Waals surface area contributed by atoms with Crippen LogP contribution in [0.5, 0.6) is 0 Å². The van der Waals surface area contributed by atoms with Crippen LogP contribution in [-0.2, 0) is 6.42 Å². The third kappa shape index (κ3) is 3.40. The normalized spacial score (nSPS) is 27.7. The highest BCUT2D eigenvalue weighted by atomic mass is 35.5. The van der Waals surface area contributed by atoms with Gasteiger partial charge < -0.3 is 5.32 Å². The minimum absolute atomic E-state index is 0.365. The van der Waals surface area contributed by atoms with Crippen molar-refractivity contribution in [2.24, 2.45) is 5.41 Å². The summed E-state index contributed by atoms with van der Waals surface area (Å²) in [4.78, 5) is 0. The molecule has 0 aliphatic heterocycles. The smallest absolute Gasteiger partial charge is 0.0453 e. The summed E-state index contributed by atoms with van der Waals surface area (Å²) in [6.45, 7) is 5.60. The van der Waals surface area contributed by atoms with Gasteiger partial charge in [-0.2, -0.15) is 0 Å². The average molecular weight is 286 g/mol. The second-order valence-corrected chi connectivity index (χ2v) is 6.56. The van der Waals surface area contributed by atoms with Crippen LogP contribution in [0, 0.1) is 5.41 Å². The fraction of sp³-hybridized carbons (Fsp3) is 0.600. The second kappa shape index (κ2) is 5.81. The maximum Gasteiger partial charge on any atom is 0.0453 e. The van der Waals surface area contributed by atoms with Crippen molar-refractivity contribution in [1.82, 2.24) is 5.32 Å². The van der Waals surface area contributed by atoms with Crippen LogP contribution >= 0.6 is 23.2 Å². The highest BCUT2D eigenvalue weighted by molar-refractivity contribution is 6.35. The number of hydrogen-bond donors (Lipinski definition) is 1. The van der Waals surface area contributed by atoms with Gasteiger partial charge >= 0.3 is 0 Å². The lowest BCUT2D eigenvalue weighted by molar-refractivity contribution is 0.322. The molecule has 0 amide bonds. The molecule has 1 N–H and O–H groups in total. The van der Waals surface area contributed by atoms with Gasteiger partial charge in [-0.1, -0.05) is 43.1 Å². The monoisotopic (exact) mass is 285 g/mol. The topological polar surface area (TPSA) is 12.0 Å². The summed E-state index contributed by atoms with van der Waals surface area (Å²) in [5.41, 5.74) is 1.59. The Morgan fingerprint density at radius 2 is 2.17 bits per heavy atom. The molecule has 18 heavy (non-hydrogen) atoms. The third-order valence-corrected chi connectivity index (χ3v) is 4.55. The highest BCUT2D eigenvalue weighted by Gasteiger charge is 2.35. The van der Waals surface area contributed by atoms with Crippen molar-refractivity contribution < 1.29 is 0 Å². The lowest BCUT2D eigenvalue weighted by Gasteiger charge is -2.25. The maximum absolute atomic E-state index is 6.27. The molecule has 2 rings (SSSR count). The quantitative estimate of drug-likeness (QED) is 0.845. The summed E-state index contributed by atoms with van der Waals surface area (Å²) < 4.78 is 0. The summed E-state index contributed by atoms with van der Waals surface area (Å²) in [5.74, 6) is 0. The molecule has 2 atom stereocenters. The predicted molar refractivity (Wildman–Crippen MR) is 79.6 cm³/mol. The second-order valence-electron chi connectivity index (χ2n) is 5.72. The van der Waals surface area contributed by atoms with Crippen molar-refractivity contribution in [1.29, 1.82) is 0 Å². The number of benzene rings is 1. The largest absolute Gasteiger partial charge is 0.314 e. The first kappa shape index (κ1) is 14.2. The number of rotatable bonds is 4. The van der Waals surface area contributed by atoms with Crippen molar-refractivity contribution >= 4 is 23.2 Å². The van der Waals surface area contributed by atoms with E-state index in [1.54, 1.807) is 0 Å². The molecule has 3 heteroatoms. The Hall–Kier alpha value is -0.240. The minimum atomic E-state index is 0.365. The van der Waals surface area contributed by atoms with E-state index in [1.165, 1.54) is 24.8 Å². The Morgan fingerprint density at radius 3 is 2.83 bits per heavy atom. The van der Waals surface area contributed by atoms with Crippen molar-refractivity contribution in [3.05, 3.63) is 33.8 Å². The number of nitrogens with one attached hydrogen (secondary N) is 1. The molecule has 100 valence electrons. The molecule has 1 aromatic rings. The number of halogens is 2. The van der Waals surface area contributed by atoms with Crippen LogP contribution in [0.25, 0.3) is 0 Å². The molecule has 0 saturated heterocycles. The fourth-order valence-electron chi connectivity index (χ4n) is 3.07. The standard InChI is InChI=1S/C15H21Cl2N/c1-3-18-13-6-7-15(2,10-13)9-11-4-5-12(16)8-14(11)17/h4-5,8,13,18H,3,6-7,9-10H2,1-2H3. The van der Waals surface area contributed by atoms with Gasteiger partial charge in [0.1, 0.15) is 0 Å². The van der Waals surface area contributed by atoms with E-state index in [0.717, 1.165) is 18.0 Å². The fourth-order valence-corrected chi connectivity index (χ4v) is 3.55. The lowest BCUT2D eigenvalue weighted by Crippen LogP contribution is -2.28. The molecule has 0 radical (unpaired) electrons. The Labute approximate surface area is 120 Å². The molecule has 1 aromatic carbocycles. The minimum Gasteiger partial charge on any atom is -0.314 e. The summed E-state index contributed by atoms with van der Waals surface area (Å²) >= 11 is 12.2. The summed E-state index contributed by atoms with van der Waals surface area (Å²) in [5, 5.41) is 5.07. The zero-order valence-electron chi connectivity index (χ0n) is 11.1. The Kier molecular flexibility index (Phi) is 4.58. The SMILES string of the molecule is CCNC1CCC(C)(Cc2ccc(Cl)cc2Cl)C1. The molecule has 0 aromatic heterocycles. The molecule has 1 aliphatic rings. The first-order chi connectivity index (χ1) is 8.52. The molecular formula is C15H21Cl2N. The van der Waals surface area contributed by atoms with E-state index in [0.29, 0.717) is 16.5 Å². The molecule has 0 heterocycles. The molecule has 0 bridgehead atoms. The van der Waals surface area contributed by atoms with Crippen LogP contribution < -0.4 is 5.32 Å². The van der Waals surface area contributed by atoms with Gasteiger partial charge in [0.15, 0.2) is 0 Å². The first-order valence-corrected chi connectivity index (χ1v) is 7.45. The van der Waals surface area contributed by atoms with E-state index in [1.807, 2.05) is 12.1 Å². The van der Waals surface area contributed by atoms with E-state index in [-0.39, 0.29) is 0 Å². The van der Waals surface area contributed by atoms with E-state index in [2.05, 4.69) is 25.2 Å². The molecule has 2 unspecified atom stereocenters. The van der Waals surface area contributed by atoms with E-state index in [4.69, 9.17) is 23.2 Å². The van der Waals surface area contributed by atoms with Gasteiger partial charge in [0.2, 0.25) is 0 Å². The van der Waals surface area contributed by atoms with Crippen LogP contribution in [0.4, 0.5) is 0 Å². The zero-order chi connectivity index (χ0) is 13.2. The van der Waals surface area contributed by atoms with Crippen molar-refractivity contribution in [3.8, 4) is 0 Å². The van der Waals surface area contributed by atoms with Crippen LogP contribution in [0.15, 0.2) is 18.2 Å². The predicted octanol–water partition coefficient (Wildman–Crippen LogP) is 4.70. The van der Waals surface area contributed by atoms with E-state index < -0.39 is 0 Å². The van der Waals surface area contributed by atoms with Gasteiger partial charge in [0, 0.05) is 16.1 Å². The molecule has 0 spiro atoms.